The number of hydrogen-bond acceptors (Lipinski definition) is 5. The van der Waals surface area contributed by atoms with Gasteiger partial charge in [0.1, 0.15) is 12.4 Å². The number of likely N-dealkylation sites (N-methyl/N-ethyl adjacent to an activating group) is 1. The Morgan fingerprint density at radius 3 is 2.74 bits per heavy atom. The molecule has 0 aromatic carbocycles. The van der Waals surface area contributed by atoms with E-state index in [1.54, 1.807) is 25.8 Å². The van der Waals surface area contributed by atoms with Crippen molar-refractivity contribution in [1.82, 2.24) is 25.1 Å². The van der Waals surface area contributed by atoms with Crippen LogP contribution in [0.4, 0.5) is 18.0 Å². The second-order valence-corrected chi connectivity index (χ2v) is 6.19. The zero-order chi connectivity index (χ0) is 20.2. The fraction of sp³-hybridized carbons (Fsp3) is 0.562. The highest BCUT2D eigenvalue weighted by Crippen LogP contribution is 2.19. The van der Waals surface area contributed by atoms with Gasteiger partial charge in [-0.3, -0.25) is 4.90 Å². The first kappa shape index (κ1) is 20.7. The van der Waals surface area contributed by atoms with E-state index in [1.165, 1.54) is 12.4 Å². The number of carbonyl (C=O) groups is 2. The lowest BCUT2D eigenvalue weighted by Crippen LogP contribution is -2.51. The number of urea groups is 1. The van der Waals surface area contributed by atoms with Crippen LogP contribution in [0.1, 0.15) is 19.7 Å². The first-order chi connectivity index (χ1) is 12.6. The molecule has 11 heteroatoms. The predicted octanol–water partition coefficient (Wildman–Crippen LogP) is 1.40. The number of nitrogens with zero attached hydrogens (tertiary/aromatic N) is 3. The first-order valence-electron chi connectivity index (χ1n) is 8.33. The lowest BCUT2D eigenvalue weighted by atomic mass is 10.0. The molecular weight excluding hydrogens is 367 g/mol. The van der Waals surface area contributed by atoms with Crippen LogP contribution in [0, 0.1) is 0 Å². The number of aromatic nitrogens is 2. The zero-order valence-electron chi connectivity index (χ0n) is 15.3. The van der Waals surface area contributed by atoms with E-state index >= 15 is 0 Å². The van der Waals surface area contributed by atoms with Crippen LogP contribution in [0.5, 0.6) is 0 Å². The minimum absolute atomic E-state index is 0.0976. The summed E-state index contributed by atoms with van der Waals surface area (Å²) in [6.07, 6.45) is -1.80. The van der Waals surface area contributed by atoms with Gasteiger partial charge in [-0.1, -0.05) is 0 Å². The number of nitrogens with one attached hydrogen (secondary N) is 2. The van der Waals surface area contributed by atoms with Crippen LogP contribution >= 0.6 is 0 Å². The van der Waals surface area contributed by atoms with Gasteiger partial charge in [0.2, 0.25) is 0 Å². The molecule has 0 aliphatic carbocycles. The molecule has 1 aromatic rings. The normalized spacial score (nSPS) is 17.7. The molecule has 0 spiro atoms. The molecule has 0 saturated carbocycles. The summed E-state index contributed by atoms with van der Waals surface area (Å²) in [5.74, 6) is -0.333. The molecule has 0 bridgehead atoms. The van der Waals surface area contributed by atoms with E-state index < -0.39 is 30.8 Å². The Labute approximate surface area is 154 Å². The fourth-order valence-corrected chi connectivity index (χ4v) is 2.80. The summed E-state index contributed by atoms with van der Waals surface area (Å²) in [5.41, 5.74) is 0.628. The van der Waals surface area contributed by atoms with Gasteiger partial charge in [-0.05, 0) is 20.9 Å². The minimum Gasteiger partial charge on any atom is -0.463 e. The molecule has 1 aromatic heterocycles. The molecule has 27 heavy (non-hydrogen) atoms. The third kappa shape index (κ3) is 5.71. The largest absolute Gasteiger partial charge is 0.463 e. The second-order valence-electron chi connectivity index (χ2n) is 6.19. The Balaban J connectivity index is 2.16. The average Bonchev–Trinajstić information content (AvgIpc) is 2.91. The monoisotopic (exact) mass is 389 g/mol. The van der Waals surface area contributed by atoms with Crippen LogP contribution in [0.25, 0.3) is 0 Å². The molecule has 1 aliphatic rings. The van der Waals surface area contributed by atoms with Crippen LogP contribution in [0.3, 0.4) is 0 Å². The van der Waals surface area contributed by atoms with Gasteiger partial charge in [-0.25, -0.2) is 14.6 Å². The van der Waals surface area contributed by atoms with E-state index in [2.05, 4.69) is 15.6 Å². The van der Waals surface area contributed by atoms with Gasteiger partial charge in [-0.2, -0.15) is 13.2 Å². The maximum absolute atomic E-state index is 12.6. The van der Waals surface area contributed by atoms with Gasteiger partial charge >= 0.3 is 18.2 Å². The van der Waals surface area contributed by atoms with Crippen LogP contribution in [0.2, 0.25) is 0 Å². The van der Waals surface area contributed by atoms with Crippen LogP contribution in [-0.4, -0.2) is 58.9 Å². The number of halogens is 3. The fourth-order valence-electron chi connectivity index (χ4n) is 2.80. The molecule has 1 atom stereocenters. The SMILES string of the molecule is CCOC(=O)C1=C(CN(C)Cc2nccn2CC(F)(F)F)NC(=O)NC1C. The lowest BCUT2D eigenvalue weighted by Gasteiger charge is -2.29. The van der Waals surface area contributed by atoms with E-state index in [1.807, 2.05) is 0 Å². The van der Waals surface area contributed by atoms with Crippen molar-refractivity contribution < 1.29 is 27.5 Å². The maximum Gasteiger partial charge on any atom is 0.406 e. The number of esters is 1. The number of alkyl halides is 3. The molecule has 150 valence electrons. The van der Waals surface area contributed by atoms with Gasteiger partial charge in [0.05, 0.1) is 24.8 Å². The summed E-state index contributed by atoms with van der Waals surface area (Å²) >= 11 is 0. The molecular formula is C16H22F3N5O3. The van der Waals surface area contributed by atoms with Crippen molar-refractivity contribution in [3.8, 4) is 0 Å². The van der Waals surface area contributed by atoms with Crippen molar-refractivity contribution in [3.05, 3.63) is 29.5 Å². The minimum atomic E-state index is -4.36. The Bertz CT molecular complexity index is 729. The van der Waals surface area contributed by atoms with Crippen molar-refractivity contribution in [3.63, 3.8) is 0 Å². The van der Waals surface area contributed by atoms with Crippen molar-refractivity contribution in [1.29, 1.82) is 0 Å². The standard InChI is InChI=1S/C16H22F3N5O3/c1-4-27-14(25)13-10(2)21-15(26)22-11(13)7-23(3)8-12-20-5-6-24(12)9-16(17,18)19/h5-6,10H,4,7-9H2,1-3H3,(H2,21,22,26). The van der Waals surface area contributed by atoms with Gasteiger partial charge in [0.15, 0.2) is 0 Å². The maximum atomic E-state index is 12.6. The molecule has 1 aliphatic heterocycles. The van der Waals surface area contributed by atoms with Crippen molar-refractivity contribution in [2.45, 2.75) is 39.2 Å². The van der Waals surface area contributed by atoms with E-state index in [0.717, 1.165) is 4.57 Å². The Morgan fingerprint density at radius 1 is 1.41 bits per heavy atom. The summed E-state index contributed by atoms with van der Waals surface area (Å²) in [6, 6.07) is -1.01. The van der Waals surface area contributed by atoms with Gasteiger partial charge in [0, 0.05) is 24.6 Å². The van der Waals surface area contributed by atoms with Gasteiger partial charge in [-0.15, -0.1) is 0 Å². The topological polar surface area (TPSA) is 88.5 Å². The number of imidazole rings is 1. The third-order valence-electron chi connectivity index (χ3n) is 3.86. The summed E-state index contributed by atoms with van der Waals surface area (Å²) in [5, 5.41) is 5.16. The average molecular weight is 389 g/mol. The molecule has 2 N–H and O–H groups in total. The number of amides is 2. The molecule has 8 nitrogen and oxygen atoms in total. The quantitative estimate of drug-likeness (QED) is 0.689. The van der Waals surface area contributed by atoms with E-state index in [-0.39, 0.29) is 31.1 Å². The van der Waals surface area contributed by atoms with Crippen LogP contribution in [0.15, 0.2) is 23.7 Å². The van der Waals surface area contributed by atoms with Crippen LogP contribution < -0.4 is 10.6 Å². The Kier molecular flexibility index (Phi) is 6.47. The molecule has 0 saturated heterocycles. The number of hydrogen-bond donors (Lipinski definition) is 2. The summed E-state index contributed by atoms with van der Waals surface area (Å²) < 4.78 is 43.9. The highest BCUT2D eigenvalue weighted by molar-refractivity contribution is 5.94. The molecule has 2 rings (SSSR count). The smallest absolute Gasteiger partial charge is 0.406 e. The van der Waals surface area contributed by atoms with Crippen molar-refractivity contribution in [2.75, 3.05) is 20.2 Å². The number of carbonyl (C=O) groups excluding carboxylic acids is 2. The van der Waals surface area contributed by atoms with Gasteiger partial charge in [0.25, 0.3) is 0 Å². The van der Waals surface area contributed by atoms with Gasteiger partial charge < -0.3 is 19.9 Å². The second kappa shape index (κ2) is 8.42. The highest BCUT2D eigenvalue weighted by Gasteiger charge is 2.31. The molecule has 2 heterocycles. The molecule has 2 amide bonds. The predicted molar refractivity (Wildman–Crippen MR) is 89.4 cm³/mol. The summed E-state index contributed by atoms with van der Waals surface area (Å²) in [6.45, 7) is 2.60. The van der Waals surface area contributed by atoms with E-state index in [9.17, 15) is 22.8 Å². The lowest BCUT2D eigenvalue weighted by molar-refractivity contribution is -0.141. The van der Waals surface area contributed by atoms with E-state index in [4.69, 9.17) is 4.74 Å². The first-order valence-corrected chi connectivity index (χ1v) is 8.33. The Morgan fingerprint density at radius 2 is 2.11 bits per heavy atom. The number of ether oxygens (including phenoxy) is 1. The zero-order valence-corrected chi connectivity index (χ0v) is 15.3. The number of rotatable bonds is 7. The molecule has 0 fully saturated rings. The Hall–Kier alpha value is -2.56. The van der Waals surface area contributed by atoms with Crippen LogP contribution in [-0.2, 0) is 22.6 Å². The third-order valence-corrected chi connectivity index (χ3v) is 3.86. The van der Waals surface area contributed by atoms with E-state index in [0.29, 0.717) is 5.70 Å². The molecule has 1 unspecified atom stereocenters. The summed E-state index contributed by atoms with van der Waals surface area (Å²) in [4.78, 5) is 29.6. The van der Waals surface area contributed by atoms with Crippen molar-refractivity contribution in [2.24, 2.45) is 0 Å². The molecule has 0 radical (unpaired) electrons. The highest BCUT2D eigenvalue weighted by atomic mass is 19.4. The van der Waals surface area contributed by atoms with Crippen molar-refractivity contribution >= 4 is 12.0 Å². The summed E-state index contributed by atoms with van der Waals surface area (Å²) in [7, 11) is 1.65.